The summed E-state index contributed by atoms with van der Waals surface area (Å²) >= 11 is 0. The van der Waals surface area contributed by atoms with E-state index in [1.807, 2.05) is 0 Å². The lowest BCUT2D eigenvalue weighted by Crippen LogP contribution is -2.55. The number of hydrogen-bond donors (Lipinski definition) is 6. The lowest BCUT2D eigenvalue weighted by molar-refractivity contribution is -0.232. The first-order valence-electron chi connectivity index (χ1n) is 9.74. The third-order valence-electron chi connectivity index (χ3n) is 5.54. The topological polar surface area (TPSA) is 170 Å². The number of ether oxygens (including phenoxy) is 2. The van der Waals surface area contributed by atoms with Crippen molar-refractivity contribution in [3.63, 3.8) is 0 Å². The quantitative estimate of drug-likeness (QED) is 0.330. The van der Waals surface area contributed by atoms with Gasteiger partial charge in [-0.2, -0.15) is 0 Å². The van der Waals surface area contributed by atoms with Crippen molar-refractivity contribution in [3.8, 4) is 28.6 Å². The van der Waals surface area contributed by atoms with Gasteiger partial charge in [0.05, 0.1) is 19.3 Å². The summed E-state index contributed by atoms with van der Waals surface area (Å²) in [6, 6.07) is 8.46. The molecule has 170 valence electrons. The molecule has 0 saturated carbocycles. The van der Waals surface area contributed by atoms with Gasteiger partial charge in [-0.05, 0) is 24.3 Å². The number of aliphatic hydroxyl groups excluding tert-OH is 4. The first-order chi connectivity index (χ1) is 15.3. The van der Waals surface area contributed by atoms with Crippen LogP contribution in [0.4, 0.5) is 0 Å². The largest absolute Gasteiger partial charge is 0.508 e. The Hall–Kier alpha value is -3.15. The molecule has 2 aromatic carbocycles. The molecular formula is C22H22O10. The zero-order chi connectivity index (χ0) is 23.2. The Kier molecular flexibility index (Phi) is 5.80. The van der Waals surface area contributed by atoms with Crippen molar-refractivity contribution in [1.29, 1.82) is 0 Å². The van der Waals surface area contributed by atoms with Crippen LogP contribution in [-0.2, 0) is 4.74 Å². The molecule has 0 radical (unpaired) electrons. The van der Waals surface area contributed by atoms with Crippen LogP contribution in [0.15, 0.2) is 45.6 Å². The molecule has 10 nitrogen and oxygen atoms in total. The van der Waals surface area contributed by atoms with Gasteiger partial charge in [-0.15, -0.1) is 0 Å². The van der Waals surface area contributed by atoms with E-state index in [9.17, 15) is 35.4 Å². The minimum absolute atomic E-state index is 0.00895. The van der Waals surface area contributed by atoms with Gasteiger partial charge < -0.3 is 44.5 Å². The molecule has 1 saturated heterocycles. The molecule has 1 aliphatic heterocycles. The third-order valence-corrected chi connectivity index (χ3v) is 5.54. The summed E-state index contributed by atoms with van der Waals surface area (Å²) in [7, 11) is 1.29. The van der Waals surface area contributed by atoms with Gasteiger partial charge in [0.2, 0.25) is 0 Å². The minimum atomic E-state index is -1.69. The smallest absolute Gasteiger partial charge is 0.197 e. The average molecular weight is 446 g/mol. The molecule has 0 bridgehead atoms. The number of phenols is 2. The SMILES string of the molecule is COc1cc2oc(-c3ccc(O)cc3)cc(=O)c2c(O)c1[C@@H]1OC(CO)[C@@H](O)[C@H](O)C1O. The minimum Gasteiger partial charge on any atom is -0.508 e. The maximum atomic E-state index is 12.9. The Labute approximate surface area is 181 Å². The van der Waals surface area contributed by atoms with Crippen molar-refractivity contribution in [3.05, 3.63) is 52.2 Å². The Morgan fingerprint density at radius 2 is 1.69 bits per heavy atom. The molecular weight excluding hydrogens is 424 g/mol. The van der Waals surface area contributed by atoms with Crippen LogP contribution in [0.1, 0.15) is 11.7 Å². The average Bonchev–Trinajstić information content (AvgIpc) is 2.78. The number of phenolic OH excluding ortho intramolecular Hbond substituents is 2. The van der Waals surface area contributed by atoms with E-state index in [4.69, 9.17) is 13.9 Å². The van der Waals surface area contributed by atoms with Crippen LogP contribution >= 0.6 is 0 Å². The van der Waals surface area contributed by atoms with Crippen molar-refractivity contribution in [2.24, 2.45) is 0 Å². The Balaban J connectivity index is 1.89. The van der Waals surface area contributed by atoms with Gasteiger partial charge in [-0.3, -0.25) is 4.79 Å². The first-order valence-corrected chi connectivity index (χ1v) is 9.74. The Morgan fingerprint density at radius 3 is 2.31 bits per heavy atom. The molecule has 6 N–H and O–H groups in total. The lowest BCUT2D eigenvalue weighted by atomic mass is 9.89. The van der Waals surface area contributed by atoms with Crippen LogP contribution < -0.4 is 10.2 Å². The van der Waals surface area contributed by atoms with Crippen molar-refractivity contribution in [1.82, 2.24) is 0 Å². The molecule has 2 heterocycles. The maximum absolute atomic E-state index is 12.9. The van der Waals surface area contributed by atoms with Gasteiger partial charge in [0.15, 0.2) is 5.43 Å². The van der Waals surface area contributed by atoms with Crippen molar-refractivity contribution in [2.45, 2.75) is 30.5 Å². The standard InChI is InChI=1S/C22H22O10/c1-30-13-7-14-16(11(25)6-12(31-14)9-2-4-10(24)5-3-9)19(27)17(13)22-21(29)20(28)18(26)15(8-23)32-22/h2-7,15,18,20-24,26-29H,8H2,1H3/t15?,18-,20+,21?,22+/m1/s1. The summed E-state index contributed by atoms with van der Waals surface area (Å²) in [6.07, 6.45) is -7.59. The van der Waals surface area contributed by atoms with Gasteiger partial charge in [0, 0.05) is 17.7 Å². The van der Waals surface area contributed by atoms with Crippen LogP contribution in [-0.4, -0.2) is 68.8 Å². The van der Waals surface area contributed by atoms with Crippen LogP contribution in [0.25, 0.3) is 22.3 Å². The molecule has 3 aromatic rings. The normalized spacial score (nSPS) is 25.7. The monoisotopic (exact) mass is 446 g/mol. The number of hydrogen-bond acceptors (Lipinski definition) is 10. The summed E-state index contributed by atoms with van der Waals surface area (Å²) in [4.78, 5) is 12.9. The molecule has 32 heavy (non-hydrogen) atoms. The van der Waals surface area contributed by atoms with E-state index in [-0.39, 0.29) is 33.8 Å². The van der Waals surface area contributed by atoms with Gasteiger partial charge >= 0.3 is 0 Å². The van der Waals surface area contributed by atoms with E-state index < -0.39 is 48.3 Å². The van der Waals surface area contributed by atoms with Gasteiger partial charge in [-0.1, -0.05) is 0 Å². The van der Waals surface area contributed by atoms with Gasteiger partial charge in [0.25, 0.3) is 0 Å². The summed E-state index contributed by atoms with van der Waals surface area (Å²) in [6.45, 7) is -0.657. The summed E-state index contributed by atoms with van der Waals surface area (Å²) in [5, 5.41) is 60.3. The van der Waals surface area contributed by atoms with Crippen molar-refractivity contribution >= 4 is 11.0 Å². The van der Waals surface area contributed by atoms with Crippen LogP contribution in [0.2, 0.25) is 0 Å². The van der Waals surface area contributed by atoms with Crippen LogP contribution in [0, 0.1) is 0 Å². The summed E-state index contributed by atoms with van der Waals surface area (Å²) in [5.41, 5.74) is -0.233. The number of aliphatic hydroxyl groups is 4. The zero-order valence-corrected chi connectivity index (χ0v) is 16.9. The first kappa shape index (κ1) is 22.1. The van der Waals surface area contributed by atoms with E-state index in [0.29, 0.717) is 5.56 Å². The second-order valence-corrected chi connectivity index (χ2v) is 7.49. The lowest BCUT2D eigenvalue weighted by Gasteiger charge is -2.40. The van der Waals surface area contributed by atoms with Crippen molar-refractivity contribution < 1.29 is 44.5 Å². The molecule has 2 unspecified atom stereocenters. The number of methoxy groups -OCH3 is 1. The molecule has 1 aromatic heterocycles. The fourth-order valence-corrected chi connectivity index (χ4v) is 3.85. The maximum Gasteiger partial charge on any atom is 0.197 e. The predicted octanol–water partition coefficient (Wildman–Crippen LogP) is 0.395. The molecule has 0 amide bonds. The highest BCUT2D eigenvalue weighted by molar-refractivity contribution is 5.88. The summed E-state index contributed by atoms with van der Waals surface area (Å²) < 4.78 is 16.6. The van der Waals surface area contributed by atoms with E-state index in [0.717, 1.165) is 6.07 Å². The number of aromatic hydroxyl groups is 2. The summed E-state index contributed by atoms with van der Waals surface area (Å²) in [5.74, 6) is -0.370. The number of rotatable bonds is 4. The third kappa shape index (κ3) is 3.57. The molecule has 1 aliphatic rings. The molecule has 5 atom stereocenters. The van der Waals surface area contributed by atoms with E-state index in [2.05, 4.69) is 0 Å². The fraction of sp³-hybridized carbons (Fsp3) is 0.318. The Morgan fingerprint density at radius 1 is 1.00 bits per heavy atom. The second-order valence-electron chi connectivity index (χ2n) is 7.49. The highest BCUT2D eigenvalue weighted by Gasteiger charge is 2.46. The molecule has 0 aliphatic carbocycles. The molecule has 0 spiro atoms. The molecule has 4 rings (SSSR count). The fourth-order valence-electron chi connectivity index (χ4n) is 3.85. The second kappa shape index (κ2) is 8.41. The highest BCUT2D eigenvalue weighted by Crippen LogP contribution is 2.45. The van der Waals surface area contributed by atoms with Gasteiger partial charge in [0.1, 0.15) is 64.5 Å². The number of fused-ring (bicyclic) bond motifs is 1. The molecule has 1 fully saturated rings. The van der Waals surface area contributed by atoms with Crippen molar-refractivity contribution in [2.75, 3.05) is 13.7 Å². The Bertz CT molecular complexity index is 1180. The zero-order valence-electron chi connectivity index (χ0n) is 16.9. The van der Waals surface area contributed by atoms with E-state index in [1.54, 1.807) is 12.1 Å². The van der Waals surface area contributed by atoms with E-state index >= 15 is 0 Å². The highest BCUT2D eigenvalue weighted by atomic mass is 16.5. The van der Waals surface area contributed by atoms with E-state index in [1.165, 1.54) is 25.3 Å². The van der Waals surface area contributed by atoms with Gasteiger partial charge in [-0.25, -0.2) is 0 Å². The molecule has 10 heteroatoms. The number of benzene rings is 2. The van der Waals surface area contributed by atoms with Crippen LogP contribution in [0.3, 0.4) is 0 Å². The predicted molar refractivity (Wildman–Crippen MR) is 111 cm³/mol. The van der Waals surface area contributed by atoms with Crippen LogP contribution in [0.5, 0.6) is 17.2 Å².